The molecule has 0 aromatic carbocycles. The summed E-state index contributed by atoms with van der Waals surface area (Å²) in [5.74, 6) is 1.51. The number of hydrogen-bond acceptors (Lipinski definition) is 2. The van der Waals surface area contributed by atoms with Crippen molar-refractivity contribution in [2.45, 2.75) is 41.0 Å². The summed E-state index contributed by atoms with van der Waals surface area (Å²) >= 11 is 0. The highest BCUT2D eigenvalue weighted by Gasteiger charge is 2.22. The van der Waals surface area contributed by atoms with Gasteiger partial charge in [0.15, 0.2) is 0 Å². The van der Waals surface area contributed by atoms with E-state index in [0.717, 1.165) is 12.2 Å². The molecule has 0 amide bonds. The molecule has 1 rings (SSSR count). The van der Waals surface area contributed by atoms with Crippen LogP contribution in [0.4, 0.5) is 0 Å². The van der Waals surface area contributed by atoms with Crippen molar-refractivity contribution < 1.29 is 0 Å². The third-order valence-electron chi connectivity index (χ3n) is 3.06. The van der Waals surface area contributed by atoms with Crippen LogP contribution in [0.1, 0.15) is 39.1 Å². The number of aromatic nitrogens is 2. The molecule has 1 heterocycles. The second kappa shape index (κ2) is 4.07. The molecule has 1 aromatic rings. The quantitative estimate of drug-likeness (QED) is 0.735. The standard InChI is InChI=1S/C12H20N2/c1-9(2)12(4,5)6-11-7-13-10(3)14-8-11/h7-9H,6H2,1-5H3. The zero-order valence-electron chi connectivity index (χ0n) is 9.83. The van der Waals surface area contributed by atoms with Gasteiger partial charge >= 0.3 is 0 Å². The molecule has 0 saturated carbocycles. The van der Waals surface area contributed by atoms with Gasteiger partial charge in [-0.3, -0.25) is 0 Å². The van der Waals surface area contributed by atoms with Crippen LogP contribution < -0.4 is 0 Å². The molecule has 0 spiro atoms. The Morgan fingerprint density at radius 2 is 1.71 bits per heavy atom. The predicted octanol–water partition coefficient (Wildman–Crippen LogP) is 3.01. The van der Waals surface area contributed by atoms with Crippen molar-refractivity contribution in [3.05, 3.63) is 23.8 Å². The fourth-order valence-corrected chi connectivity index (χ4v) is 1.24. The Balaban J connectivity index is 2.74. The van der Waals surface area contributed by atoms with E-state index < -0.39 is 0 Å². The highest BCUT2D eigenvalue weighted by atomic mass is 14.8. The second-order valence-corrected chi connectivity index (χ2v) is 4.96. The SMILES string of the molecule is Cc1ncc(CC(C)(C)C(C)C)cn1. The van der Waals surface area contributed by atoms with Gasteiger partial charge in [0, 0.05) is 12.4 Å². The van der Waals surface area contributed by atoms with Crippen LogP contribution in [-0.4, -0.2) is 9.97 Å². The fraction of sp³-hybridized carbons (Fsp3) is 0.667. The Morgan fingerprint density at radius 1 is 1.21 bits per heavy atom. The highest BCUT2D eigenvalue weighted by molar-refractivity contribution is 5.07. The Hall–Kier alpha value is -0.920. The molecule has 2 nitrogen and oxygen atoms in total. The van der Waals surface area contributed by atoms with Gasteiger partial charge in [0.1, 0.15) is 5.82 Å². The first-order chi connectivity index (χ1) is 6.42. The molecule has 0 aliphatic carbocycles. The Bertz CT molecular complexity index is 286. The van der Waals surface area contributed by atoms with E-state index in [1.807, 2.05) is 19.3 Å². The van der Waals surface area contributed by atoms with Gasteiger partial charge in [0.2, 0.25) is 0 Å². The lowest BCUT2D eigenvalue weighted by Gasteiger charge is -2.29. The molecular formula is C12H20N2. The first kappa shape index (κ1) is 11.2. The first-order valence-electron chi connectivity index (χ1n) is 5.19. The van der Waals surface area contributed by atoms with Crippen LogP contribution in [-0.2, 0) is 6.42 Å². The molecule has 0 aliphatic heterocycles. The summed E-state index contributed by atoms with van der Waals surface area (Å²) in [6.45, 7) is 11.0. The fourth-order valence-electron chi connectivity index (χ4n) is 1.24. The minimum Gasteiger partial charge on any atom is -0.241 e. The van der Waals surface area contributed by atoms with Crippen LogP contribution in [0, 0.1) is 18.3 Å². The maximum atomic E-state index is 4.21. The third kappa shape index (κ3) is 2.79. The van der Waals surface area contributed by atoms with Crippen molar-refractivity contribution in [2.75, 3.05) is 0 Å². The number of hydrogen-bond donors (Lipinski definition) is 0. The lowest BCUT2D eigenvalue weighted by Crippen LogP contribution is -2.22. The van der Waals surface area contributed by atoms with Crippen LogP contribution in [0.2, 0.25) is 0 Å². The van der Waals surface area contributed by atoms with E-state index in [1.165, 1.54) is 5.56 Å². The molecule has 0 N–H and O–H groups in total. The van der Waals surface area contributed by atoms with Gasteiger partial charge in [0.25, 0.3) is 0 Å². The lowest BCUT2D eigenvalue weighted by molar-refractivity contribution is 0.247. The van der Waals surface area contributed by atoms with Crippen LogP contribution >= 0.6 is 0 Å². The maximum absolute atomic E-state index is 4.21. The summed E-state index contributed by atoms with van der Waals surface area (Å²) < 4.78 is 0. The van der Waals surface area contributed by atoms with E-state index in [-0.39, 0.29) is 0 Å². The molecule has 2 heteroatoms. The van der Waals surface area contributed by atoms with Gasteiger partial charge in [-0.1, -0.05) is 27.7 Å². The van der Waals surface area contributed by atoms with Gasteiger partial charge < -0.3 is 0 Å². The second-order valence-electron chi connectivity index (χ2n) is 4.96. The topological polar surface area (TPSA) is 25.8 Å². The van der Waals surface area contributed by atoms with Crippen molar-refractivity contribution in [1.29, 1.82) is 0 Å². The molecule has 0 saturated heterocycles. The molecule has 0 unspecified atom stereocenters. The smallest absolute Gasteiger partial charge is 0.125 e. The molecule has 0 aliphatic rings. The summed E-state index contributed by atoms with van der Waals surface area (Å²) in [5.41, 5.74) is 1.55. The normalized spacial score (nSPS) is 12.1. The number of aryl methyl sites for hydroxylation is 1. The molecule has 14 heavy (non-hydrogen) atoms. The summed E-state index contributed by atoms with van der Waals surface area (Å²) in [6, 6.07) is 0. The summed E-state index contributed by atoms with van der Waals surface area (Å²) in [7, 11) is 0. The molecule has 1 aromatic heterocycles. The molecule has 0 atom stereocenters. The largest absolute Gasteiger partial charge is 0.241 e. The lowest BCUT2D eigenvalue weighted by atomic mass is 9.77. The summed E-state index contributed by atoms with van der Waals surface area (Å²) in [4.78, 5) is 8.42. The van der Waals surface area contributed by atoms with Crippen molar-refractivity contribution >= 4 is 0 Å². The van der Waals surface area contributed by atoms with Gasteiger partial charge in [-0.2, -0.15) is 0 Å². The van der Waals surface area contributed by atoms with E-state index in [2.05, 4.69) is 37.7 Å². The van der Waals surface area contributed by atoms with Crippen molar-refractivity contribution in [1.82, 2.24) is 9.97 Å². The van der Waals surface area contributed by atoms with Gasteiger partial charge in [-0.25, -0.2) is 9.97 Å². The van der Waals surface area contributed by atoms with Gasteiger partial charge in [0.05, 0.1) is 0 Å². The van der Waals surface area contributed by atoms with E-state index in [4.69, 9.17) is 0 Å². The van der Waals surface area contributed by atoms with Crippen LogP contribution in [0.15, 0.2) is 12.4 Å². The Morgan fingerprint density at radius 3 is 2.14 bits per heavy atom. The van der Waals surface area contributed by atoms with Gasteiger partial charge in [-0.15, -0.1) is 0 Å². The molecule has 0 bridgehead atoms. The van der Waals surface area contributed by atoms with E-state index in [1.54, 1.807) is 0 Å². The Kier molecular flexibility index (Phi) is 3.25. The van der Waals surface area contributed by atoms with Gasteiger partial charge in [-0.05, 0) is 30.2 Å². The first-order valence-corrected chi connectivity index (χ1v) is 5.19. The predicted molar refractivity (Wildman–Crippen MR) is 59.1 cm³/mol. The third-order valence-corrected chi connectivity index (χ3v) is 3.06. The van der Waals surface area contributed by atoms with Crippen LogP contribution in [0.25, 0.3) is 0 Å². The van der Waals surface area contributed by atoms with Crippen LogP contribution in [0.3, 0.4) is 0 Å². The molecule has 78 valence electrons. The van der Waals surface area contributed by atoms with Crippen molar-refractivity contribution in [2.24, 2.45) is 11.3 Å². The van der Waals surface area contributed by atoms with Crippen molar-refractivity contribution in [3.8, 4) is 0 Å². The highest BCUT2D eigenvalue weighted by Crippen LogP contribution is 2.29. The monoisotopic (exact) mass is 192 g/mol. The van der Waals surface area contributed by atoms with E-state index in [0.29, 0.717) is 11.3 Å². The minimum absolute atomic E-state index is 0.318. The Labute approximate surface area is 86.8 Å². The van der Waals surface area contributed by atoms with Crippen LogP contribution in [0.5, 0.6) is 0 Å². The maximum Gasteiger partial charge on any atom is 0.125 e. The number of nitrogens with zero attached hydrogens (tertiary/aromatic N) is 2. The molecular weight excluding hydrogens is 172 g/mol. The zero-order valence-corrected chi connectivity index (χ0v) is 9.83. The number of rotatable bonds is 3. The van der Waals surface area contributed by atoms with Crippen molar-refractivity contribution in [3.63, 3.8) is 0 Å². The van der Waals surface area contributed by atoms with E-state index >= 15 is 0 Å². The minimum atomic E-state index is 0.318. The molecule has 0 fully saturated rings. The average molecular weight is 192 g/mol. The summed E-state index contributed by atoms with van der Waals surface area (Å²) in [6.07, 6.45) is 4.92. The molecule has 0 radical (unpaired) electrons. The average Bonchev–Trinajstić information content (AvgIpc) is 2.08. The van der Waals surface area contributed by atoms with E-state index in [9.17, 15) is 0 Å². The summed E-state index contributed by atoms with van der Waals surface area (Å²) in [5, 5.41) is 0. The zero-order chi connectivity index (χ0) is 10.8.